The Balaban J connectivity index is 2.10. The molecule has 0 unspecified atom stereocenters. The van der Waals surface area contributed by atoms with Gasteiger partial charge in [0.15, 0.2) is 5.96 Å². The molecule has 10 heteroatoms. The van der Waals surface area contributed by atoms with Crippen LogP contribution in [-0.2, 0) is 9.59 Å². The summed E-state index contributed by atoms with van der Waals surface area (Å²) in [6.45, 7) is 2.15. The molecule has 0 fully saturated rings. The lowest BCUT2D eigenvalue weighted by Gasteiger charge is -2.38. The Labute approximate surface area is 232 Å². The number of benzene rings is 3. The van der Waals surface area contributed by atoms with Crippen LogP contribution in [0, 0.1) is 5.41 Å². The topological polar surface area (TPSA) is 146 Å². The van der Waals surface area contributed by atoms with Gasteiger partial charge in [-0.05, 0) is 72.9 Å². The second-order valence-electron chi connectivity index (χ2n) is 8.95. The van der Waals surface area contributed by atoms with Gasteiger partial charge in [-0.25, -0.2) is 0 Å². The van der Waals surface area contributed by atoms with E-state index in [2.05, 4.69) is 5.32 Å². The summed E-state index contributed by atoms with van der Waals surface area (Å²) in [5, 5.41) is 20.9. The van der Waals surface area contributed by atoms with E-state index in [0.29, 0.717) is 34.1 Å². The molecule has 0 spiro atoms. The van der Waals surface area contributed by atoms with Crippen LogP contribution in [0.4, 0.5) is 0 Å². The van der Waals surface area contributed by atoms with E-state index in [1.54, 1.807) is 60.7 Å². The highest BCUT2D eigenvalue weighted by atomic mass is 35.5. The van der Waals surface area contributed by atoms with Crippen molar-refractivity contribution in [1.82, 2.24) is 10.2 Å². The molecule has 0 aliphatic heterocycles. The van der Waals surface area contributed by atoms with E-state index in [1.807, 2.05) is 6.92 Å². The van der Waals surface area contributed by atoms with E-state index in [9.17, 15) is 14.7 Å². The van der Waals surface area contributed by atoms with Crippen LogP contribution < -0.4 is 16.8 Å². The summed E-state index contributed by atoms with van der Waals surface area (Å²) < 4.78 is 0. The van der Waals surface area contributed by atoms with Crippen molar-refractivity contribution in [2.75, 3.05) is 6.54 Å². The molecule has 8 nitrogen and oxygen atoms in total. The van der Waals surface area contributed by atoms with Gasteiger partial charge in [0.05, 0.1) is 12.0 Å². The normalized spacial score (nSPS) is 12.5. The smallest absolute Gasteiger partial charge is 0.240 e. The van der Waals surface area contributed by atoms with Crippen molar-refractivity contribution in [3.05, 3.63) is 99.5 Å². The maximum Gasteiger partial charge on any atom is 0.240 e. The molecule has 3 aromatic rings. The number of nitrogens with two attached hydrogens (primary N) is 2. The van der Waals surface area contributed by atoms with Crippen LogP contribution in [0.5, 0.6) is 5.75 Å². The number of amides is 2. The lowest BCUT2D eigenvalue weighted by Crippen LogP contribution is -2.51. The summed E-state index contributed by atoms with van der Waals surface area (Å²) >= 11 is 12.3. The van der Waals surface area contributed by atoms with Crippen molar-refractivity contribution in [2.24, 2.45) is 11.5 Å². The number of hydrogen-bond donors (Lipinski definition) is 5. The lowest BCUT2D eigenvalue weighted by atomic mass is 9.88. The van der Waals surface area contributed by atoms with Crippen molar-refractivity contribution in [3.63, 3.8) is 0 Å². The molecule has 0 saturated heterocycles. The van der Waals surface area contributed by atoms with E-state index >= 15 is 0 Å². The minimum absolute atomic E-state index is 0.0841. The van der Waals surface area contributed by atoms with Gasteiger partial charge in [-0.15, -0.1) is 0 Å². The molecule has 3 rings (SSSR count). The molecule has 3 aromatic carbocycles. The van der Waals surface area contributed by atoms with Crippen LogP contribution in [0.2, 0.25) is 10.0 Å². The number of phenols is 1. The number of carbonyl (C=O) groups excluding carboxylic acids is 2. The maximum absolute atomic E-state index is 14.5. The fraction of sp³-hybridized carbons (Fsp3) is 0.250. The Bertz CT molecular complexity index is 1210. The zero-order chi connectivity index (χ0) is 27.8. The minimum atomic E-state index is -0.956. The lowest BCUT2D eigenvalue weighted by molar-refractivity contribution is -0.142. The highest BCUT2D eigenvalue weighted by Gasteiger charge is 2.37. The number of aromatic hydroxyl groups is 1. The molecule has 0 heterocycles. The predicted molar refractivity (Wildman–Crippen MR) is 150 cm³/mol. The molecule has 0 bridgehead atoms. The predicted octanol–water partition coefficient (Wildman–Crippen LogP) is 4.54. The van der Waals surface area contributed by atoms with Crippen molar-refractivity contribution < 1.29 is 14.7 Å². The molecule has 0 radical (unpaired) electrons. The highest BCUT2D eigenvalue weighted by Crippen LogP contribution is 2.34. The number of carbonyl (C=O) groups is 2. The Kier molecular flexibility index (Phi) is 9.98. The van der Waals surface area contributed by atoms with E-state index in [0.717, 1.165) is 5.56 Å². The first-order chi connectivity index (χ1) is 18.1. The van der Waals surface area contributed by atoms with Crippen molar-refractivity contribution in [1.29, 1.82) is 5.41 Å². The molecule has 0 saturated carbocycles. The second kappa shape index (κ2) is 13.2. The summed E-state index contributed by atoms with van der Waals surface area (Å²) in [6, 6.07) is 18.9. The number of hydrogen-bond acceptors (Lipinski definition) is 4. The van der Waals surface area contributed by atoms with Crippen LogP contribution >= 0.6 is 23.2 Å². The molecule has 0 aliphatic rings. The molecule has 200 valence electrons. The monoisotopic (exact) mass is 555 g/mol. The first-order valence-electron chi connectivity index (χ1n) is 12.1. The van der Waals surface area contributed by atoms with Gasteiger partial charge in [-0.2, -0.15) is 0 Å². The number of halogens is 2. The Hall–Kier alpha value is -3.75. The van der Waals surface area contributed by atoms with Gasteiger partial charge in [0, 0.05) is 16.6 Å². The molecule has 38 heavy (non-hydrogen) atoms. The summed E-state index contributed by atoms with van der Waals surface area (Å²) in [5.74, 6) is -1.87. The number of primary amides is 1. The molecular weight excluding hydrogens is 525 g/mol. The zero-order valence-corrected chi connectivity index (χ0v) is 22.4. The van der Waals surface area contributed by atoms with Gasteiger partial charge in [0.25, 0.3) is 0 Å². The molecule has 0 aromatic heterocycles. The number of phenolic OH excluding ortho intramolecular Hbond substituents is 1. The third-order valence-corrected chi connectivity index (χ3v) is 6.84. The van der Waals surface area contributed by atoms with Gasteiger partial charge in [-0.3, -0.25) is 15.0 Å². The Morgan fingerprint density at radius 1 is 0.895 bits per heavy atom. The summed E-state index contributed by atoms with van der Waals surface area (Å²) in [7, 11) is 0. The van der Waals surface area contributed by atoms with Crippen LogP contribution in [0.1, 0.15) is 48.4 Å². The molecule has 2 atom stereocenters. The number of guanidine groups is 1. The molecule has 2 amide bonds. The van der Waals surface area contributed by atoms with Crippen LogP contribution in [0.25, 0.3) is 0 Å². The van der Waals surface area contributed by atoms with Gasteiger partial charge in [0.1, 0.15) is 11.8 Å². The van der Waals surface area contributed by atoms with Gasteiger partial charge in [-0.1, -0.05) is 59.6 Å². The van der Waals surface area contributed by atoms with Crippen LogP contribution in [0.15, 0.2) is 72.8 Å². The van der Waals surface area contributed by atoms with Gasteiger partial charge >= 0.3 is 0 Å². The quantitative estimate of drug-likeness (QED) is 0.134. The molecule has 0 aliphatic carbocycles. The average molecular weight is 556 g/mol. The van der Waals surface area contributed by atoms with Crippen molar-refractivity contribution in [3.8, 4) is 5.75 Å². The number of nitrogens with zero attached hydrogens (tertiary/aromatic N) is 1. The minimum Gasteiger partial charge on any atom is -0.508 e. The third kappa shape index (κ3) is 7.40. The standard InChI is InChI=1S/C28H31Cl2N5O3/c1-17(18-8-14-23(36)15-9-18)35(24(26(31)37)3-2-16-34-28(32)33)27(38)25(19-4-10-21(29)11-5-19)20-6-12-22(30)13-7-20/h4-15,17,24-25,36H,2-3,16H2,1H3,(H2,31,37)(H4,32,33,34)/t17-,24-/m1/s1. The summed E-state index contributed by atoms with van der Waals surface area (Å²) in [5.41, 5.74) is 13.3. The largest absolute Gasteiger partial charge is 0.508 e. The Morgan fingerprint density at radius 3 is 1.82 bits per heavy atom. The van der Waals surface area contributed by atoms with E-state index in [1.165, 1.54) is 17.0 Å². The first-order valence-corrected chi connectivity index (χ1v) is 12.8. The van der Waals surface area contributed by atoms with E-state index < -0.39 is 23.9 Å². The van der Waals surface area contributed by atoms with Crippen LogP contribution in [-0.4, -0.2) is 40.4 Å². The molecule has 7 N–H and O–H groups in total. The first kappa shape index (κ1) is 28.8. The Morgan fingerprint density at radius 2 is 1.37 bits per heavy atom. The number of nitrogens with one attached hydrogen (secondary N) is 2. The third-order valence-electron chi connectivity index (χ3n) is 6.33. The molecular formula is C28H31Cl2N5O3. The highest BCUT2D eigenvalue weighted by molar-refractivity contribution is 6.30. The van der Waals surface area contributed by atoms with Crippen LogP contribution in [0.3, 0.4) is 0 Å². The SMILES string of the molecule is C[C@H](c1ccc(O)cc1)N(C(=O)C(c1ccc(Cl)cc1)c1ccc(Cl)cc1)[C@H](CCCNC(=N)N)C(N)=O. The van der Waals surface area contributed by atoms with Gasteiger partial charge in [0.2, 0.25) is 11.8 Å². The average Bonchev–Trinajstić information content (AvgIpc) is 2.88. The fourth-order valence-electron chi connectivity index (χ4n) is 4.40. The van der Waals surface area contributed by atoms with E-state index in [4.69, 9.17) is 40.1 Å². The summed E-state index contributed by atoms with van der Waals surface area (Å²) in [4.78, 5) is 28.8. The maximum atomic E-state index is 14.5. The number of rotatable bonds is 11. The second-order valence-corrected chi connectivity index (χ2v) is 9.82. The van der Waals surface area contributed by atoms with Crippen molar-refractivity contribution in [2.45, 2.75) is 37.8 Å². The van der Waals surface area contributed by atoms with Crippen molar-refractivity contribution >= 4 is 41.0 Å². The van der Waals surface area contributed by atoms with E-state index in [-0.39, 0.29) is 24.0 Å². The zero-order valence-electron chi connectivity index (χ0n) is 20.9. The van der Waals surface area contributed by atoms with Gasteiger partial charge < -0.3 is 26.8 Å². The fourth-order valence-corrected chi connectivity index (χ4v) is 4.65. The summed E-state index contributed by atoms with van der Waals surface area (Å²) in [6.07, 6.45) is 0.684.